The molecule has 9 nitrogen and oxygen atoms in total. The Balaban J connectivity index is 0.00000442. The molecule has 1 amide bonds. The molecule has 0 bridgehead atoms. The first kappa shape index (κ1) is 34.5. The van der Waals surface area contributed by atoms with Gasteiger partial charge in [-0.2, -0.15) is 6.42 Å². The average molecular weight is 781 g/mol. The Morgan fingerprint density at radius 1 is 1.30 bits per heavy atom. The summed E-state index contributed by atoms with van der Waals surface area (Å²) in [6, 6.07) is 10.9. The Bertz CT molecular complexity index is 1400. The second kappa shape index (κ2) is 15.3. The van der Waals surface area contributed by atoms with E-state index in [4.69, 9.17) is 14.5 Å². The number of rotatable bonds is 11. The van der Waals surface area contributed by atoms with E-state index in [1.165, 1.54) is 16.5 Å². The van der Waals surface area contributed by atoms with Crippen LogP contribution in [0.15, 0.2) is 36.5 Å². The van der Waals surface area contributed by atoms with Crippen molar-refractivity contribution in [1.82, 2.24) is 20.0 Å². The van der Waals surface area contributed by atoms with Gasteiger partial charge in [-0.3, -0.25) is 9.78 Å². The number of hydrogen-bond donors (Lipinski definition) is 2. The third-order valence-electron chi connectivity index (χ3n) is 8.85. The standard InChI is InChI=1S/C34H48N5O4.Os/c1-6-38-30-13-11-25(37-18-19-43-26(22-37)12-14-31(41)39-17-8-7-16-36-39)20-28(30)29(21-34(3,4)23-40)33(38)27-10-9-15-35-32(27)24(2)42-5;/h9-11,13,15-16,20,24,26,36,40H,6-8,12,14,17-19,21-23H2,1-5H3;/q-1;+1/t24-,26-;/m0./s1. The fourth-order valence-corrected chi connectivity index (χ4v) is 6.35. The van der Waals surface area contributed by atoms with E-state index in [-0.39, 0.29) is 49.9 Å². The summed E-state index contributed by atoms with van der Waals surface area (Å²) in [7, 11) is 1.72. The summed E-state index contributed by atoms with van der Waals surface area (Å²) < 4.78 is 14.2. The van der Waals surface area contributed by atoms with Crippen LogP contribution >= 0.6 is 0 Å². The van der Waals surface area contributed by atoms with Gasteiger partial charge in [0, 0.05) is 74.7 Å². The third-order valence-corrected chi connectivity index (χ3v) is 8.85. The van der Waals surface area contributed by atoms with Gasteiger partial charge in [0.2, 0.25) is 5.91 Å². The van der Waals surface area contributed by atoms with Gasteiger partial charge >= 0.3 is 19.8 Å². The SMILES string of the molecule is CCn1c(-c2cccnc2[C@H](C)OC)c(CC(C)(C)CO)c2cc(N3CCO[C@@H](CCC(=O)N4CCC[CH-]N4)C3)ccc21.[Os+]. The van der Waals surface area contributed by atoms with E-state index in [1.54, 1.807) is 12.1 Å². The number of pyridine rings is 1. The van der Waals surface area contributed by atoms with Crippen LogP contribution in [0.2, 0.25) is 0 Å². The monoisotopic (exact) mass is 782 g/mol. The van der Waals surface area contributed by atoms with Gasteiger partial charge in [0.1, 0.15) is 0 Å². The zero-order valence-corrected chi connectivity index (χ0v) is 29.3. The van der Waals surface area contributed by atoms with E-state index in [2.05, 4.69) is 59.9 Å². The minimum Gasteiger partial charge on any atom is -0.396 e. The molecule has 2 atom stereocenters. The van der Waals surface area contributed by atoms with Crippen LogP contribution in [0.3, 0.4) is 0 Å². The topological polar surface area (TPSA) is 92.1 Å². The van der Waals surface area contributed by atoms with E-state index in [0.717, 1.165) is 68.1 Å². The molecular formula is C34H48N5O4Os. The molecule has 3 aromatic rings. The molecule has 2 aliphatic rings. The Morgan fingerprint density at radius 3 is 2.82 bits per heavy atom. The van der Waals surface area contributed by atoms with Crippen LogP contribution in [0.1, 0.15) is 70.7 Å². The van der Waals surface area contributed by atoms with Gasteiger partial charge in [0.15, 0.2) is 0 Å². The van der Waals surface area contributed by atoms with Crippen LogP contribution in [0, 0.1) is 12.0 Å². The van der Waals surface area contributed by atoms with Gasteiger partial charge in [0.05, 0.1) is 30.2 Å². The Labute approximate surface area is 275 Å². The summed E-state index contributed by atoms with van der Waals surface area (Å²) in [5, 5.41) is 13.2. The van der Waals surface area contributed by atoms with Crippen molar-refractivity contribution in [3.8, 4) is 11.3 Å². The molecule has 2 N–H and O–H groups in total. The van der Waals surface area contributed by atoms with Crippen LogP contribution in [0.25, 0.3) is 22.2 Å². The molecule has 1 radical (unpaired) electrons. The van der Waals surface area contributed by atoms with E-state index in [9.17, 15) is 9.90 Å². The number of morpholine rings is 1. The molecule has 0 saturated carbocycles. The molecule has 0 aliphatic carbocycles. The predicted octanol–water partition coefficient (Wildman–Crippen LogP) is 5.26. The van der Waals surface area contributed by atoms with Crippen LogP contribution in [-0.4, -0.2) is 71.6 Å². The first-order valence-corrected chi connectivity index (χ1v) is 15.7. The van der Waals surface area contributed by atoms with Crippen LogP contribution < -0.4 is 10.3 Å². The number of benzene rings is 1. The maximum Gasteiger partial charge on any atom is 1.00 e. The minimum absolute atomic E-state index is 0. The number of ether oxygens (including phenoxy) is 2. The third kappa shape index (κ3) is 7.54. The maximum atomic E-state index is 12.7. The first-order chi connectivity index (χ1) is 20.8. The molecule has 5 rings (SSSR count). The van der Waals surface area contributed by atoms with Crippen molar-refractivity contribution in [2.45, 2.75) is 78.6 Å². The summed E-state index contributed by atoms with van der Waals surface area (Å²) in [4.78, 5) is 19.9. The van der Waals surface area contributed by atoms with Crippen molar-refractivity contribution < 1.29 is 39.2 Å². The van der Waals surface area contributed by atoms with Crippen LogP contribution in [-0.2, 0) is 47.0 Å². The Hall–Kier alpha value is -2.34. The molecule has 2 saturated heterocycles. The second-order valence-electron chi connectivity index (χ2n) is 12.6. The quantitative estimate of drug-likeness (QED) is 0.257. The van der Waals surface area contributed by atoms with E-state index < -0.39 is 0 Å². The molecule has 2 aliphatic heterocycles. The summed E-state index contributed by atoms with van der Waals surface area (Å²) in [5.74, 6) is 0.125. The van der Waals surface area contributed by atoms with Gasteiger partial charge in [-0.25, -0.2) is 6.54 Å². The van der Waals surface area contributed by atoms with Gasteiger partial charge < -0.3 is 34.5 Å². The van der Waals surface area contributed by atoms with E-state index >= 15 is 0 Å². The number of aliphatic hydroxyl groups excluding tert-OH is 1. The predicted molar refractivity (Wildman–Crippen MR) is 170 cm³/mol. The van der Waals surface area contributed by atoms with Crippen LogP contribution in [0.5, 0.6) is 0 Å². The Kier molecular flexibility index (Phi) is 12.0. The zero-order chi connectivity index (χ0) is 30.6. The fraction of sp³-hybridized carbons (Fsp3) is 0.559. The summed E-state index contributed by atoms with van der Waals surface area (Å²) in [6.07, 6.45) is 5.55. The van der Waals surface area contributed by atoms with Crippen molar-refractivity contribution in [1.29, 1.82) is 0 Å². The molecule has 0 unspecified atom stereocenters. The number of aromatic nitrogens is 2. The number of hydrazine groups is 1. The molecule has 2 aromatic heterocycles. The van der Waals surface area contributed by atoms with Crippen molar-refractivity contribution in [3.63, 3.8) is 0 Å². The van der Waals surface area contributed by atoms with Crippen LogP contribution in [0.4, 0.5) is 5.69 Å². The fourth-order valence-electron chi connectivity index (χ4n) is 6.35. The Morgan fingerprint density at radius 2 is 2.11 bits per heavy atom. The summed E-state index contributed by atoms with van der Waals surface area (Å²) >= 11 is 0. The number of carbonyl (C=O) groups excluding carboxylic acids is 1. The number of fused-ring (bicyclic) bond motifs is 1. The average Bonchev–Trinajstić information content (AvgIpc) is 3.35. The smallest absolute Gasteiger partial charge is 0.396 e. The van der Waals surface area contributed by atoms with E-state index in [0.29, 0.717) is 19.4 Å². The van der Waals surface area contributed by atoms with E-state index in [1.807, 2.05) is 25.7 Å². The molecular weight excluding hydrogens is 733 g/mol. The molecule has 241 valence electrons. The number of aliphatic hydroxyl groups is 1. The van der Waals surface area contributed by atoms with Gasteiger partial charge in [0.25, 0.3) is 0 Å². The first-order valence-electron chi connectivity index (χ1n) is 15.7. The molecule has 2 fully saturated rings. The van der Waals surface area contributed by atoms with Crippen molar-refractivity contribution in [3.05, 3.63) is 54.3 Å². The number of hydrogen-bond acceptors (Lipinski definition) is 7. The second-order valence-corrected chi connectivity index (χ2v) is 12.6. The van der Waals surface area contributed by atoms with Gasteiger partial charge in [-0.05, 0) is 68.0 Å². The molecule has 10 heteroatoms. The molecule has 1 aromatic carbocycles. The molecule has 44 heavy (non-hydrogen) atoms. The molecule has 0 spiro atoms. The number of amides is 1. The number of carbonyl (C=O) groups is 1. The van der Waals surface area contributed by atoms with Crippen molar-refractivity contribution in [2.75, 3.05) is 44.9 Å². The largest absolute Gasteiger partial charge is 1.00 e. The minimum atomic E-state index is -0.301. The zero-order valence-electron chi connectivity index (χ0n) is 26.8. The van der Waals surface area contributed by atoms with Crippen molar-refractivity contribution in [2.24, 2.45) is 5.41 Å². The van der Waals surface area contributed by atoms with Crippen molar-refractivity contribution >= 4 is 22.5 Å². The number of anilines is 1. The summed E-state index contributed by atoms with van der Waals surface area (Å²) in [6.45, 7) is 14.2. The maximum absolute atomic E-state index is 12.7. The normalized spacial score (nSPS) is 18.4. The number of nitrogens with zero attached hydrogens (tertiary/aromatic N) is 4. The van der Waals surface area contributed by atoms with Gasteiger partial charge in [-0.15, -0.1) is 0 Å². The molecule has 4 heterocycles. The summed E-state index contributed by atoms with van der Waals surface area (Å²) in [5.41, 5.74) is 9.46. The number of aryl methyl sites for hydroxylation is 1. The van der Waals surface area contributed by atoms with Gasteiger partial charge in [-0.1, -0.05) is 20.3 Å². The number of methoxy groups -OCH3 is 1. The number of nitrogens with one attached hydrogen (secondary N) is 1.